The Kier molecular flexibility index (Phi) is 4.46. The zero-order chi connectivity index (χ0) is 14.5. The van der Waals surface area contributed by atoms with Gasteiger partial charge in [-0.05, 0) is 13.3 Å². The van der Waals surface area contributed by atoms with Crippen LogP contribution in [0.4, 0.5) is 5.82 Å². The van der Waals surface area contributed by atoms with Crippen molar-refractivity contribution < 1.29 is 9.32 Å². The molecule has 108 valence electrons. The molecule has 0 saturated carbocycles. The number of nitrogens with zero attached hydrogens (tertiary/aromatic N) is 4. The van der Waals surface area contributed by atoms with Crippen LogP contribution >= 0.6 is 0 Å². The van der Waals surface area contributed by atoms with Gasteiger partial charge in [0.2, 0.25) is 5.91 Å². The number of aryl methyl sites for hydroxylation is 2. The fourth-order valence-corrected chi connectivity index (χ4v) is 1.65. The fraction of sp³-hybridized carbons (Fsp3) is 0.500. The number of carbonyl (C=O) groups excluding carboxylic acids is 1. The first-order valence-electron chi connectivity index (χ1n) is 6.47. The van der Waals surface area contributed by atoms with Crippen LogP contribution in [0.15, 0.2) is 16.8 Å². The molecule has 0 fully saturated rings. The highest BCUT2D eigenvalue weighted by atomic mass is 16.5. The summed E-state index contributed by atoms with van der Waals surface area (Å²) >= 11 is 0. The molecule has 0 aliphatic heterocycles. The molecule has 8 heteroatoms. The van der Waals surface area contributed by atoms with Crippen LogP contribution in [0.3, 0.4) is 0 Å². The van der Waals surface area contributed by atoms with E-state index in [-0.39, 0.29) is 18.4 Å². The predicted molar refractivity (Wildman–Crippen MR) is 71.7 cm³/mol. The van der Waals surface area contributed by atoms with Crippen molar-refractivity contribution in [2.24, 2.45) is 5.73 Å². The topological polar surface area (TPSA) is 112 Å². The standard InChI is InChI=1S/C12H18N6O2/c1-3-9(13)10-7-18(17-15-10)5-4-12(19)14-11-6-8(2)20-16-11/h6-7,9H,3-5,13H2,1-2H3,(H,14,16,19). The summed E-state index contributed by atoms with van der Waals surface area (Å²) in [5.74, 6) is 0.907. The van der Waals surface area contributed by atoms with E-state index >= 15 is 0 Å². The molecule has 20 heavy (non-hydrogen) atoms. The van der Waals surface area contributed by atoms with E-state index in [2.05, 4.69) is 20.8 Å². The minimum atomic E-state index is -0.157. The Bertz CT molecular complexity index is 576. The highest BCUT2D eigenvalue weighted by Gasteiger charge is 2.10. The Morgan fingerprint density at radius 3 is 3.05 bits per heavy atom. The molecule has 1 unspecified atom stereocenters. The van der Waals surface area contributed by atoms with Gasteiger partial charge in [-0.25, -0.2) is 0 Å². The second kappa shape index (κ2) is 6.29. The van der Waals surface area contributed by atoms with Crippen LogP contribution in [0.5, 0.6) is 0 Å². The summed E-state index contributed by atoms with van der Waals surface area (Å²) in [6, 6.07) is 1.54. The Hall–Kier alpha value is -2.22. The quantitative estimate of drug-likeness (QED) is 0.815. The lowest BCUT2D eigenvalue weighted by molar-refractivity contribution is -0.116. The molecule has 2 aromatic heterocycles. The van der Waals surface area contributed by atoms with E-state index in [0.29, 0.717) is 18.1 Å². The lowest BCUT2D eigenvalue weighted by atomic mass is 10.2. The average Bonchev–Trinajstić information content (AvgIpc) is 3.05. The van der Waals surface area contributed by atoms with Gasteiger partial charge in [-0.3, -0.25) is 9.48 Å². The number of hydrogen-bond donors (Lipinski definition) is 2. The van der Waals surface area contributed by atoms with Gasteiger partial charge in [0.25, 0.3) is 0 Å². The molecule has 0 aliphatic carbocycles. The van der Waals surface area contributed by atoms with Crippen molar-refractivity contribution in [3.05, 3.63) is 23.7 Å². The maximum atomic E-state index is 11.7. The van der Waals surface area contributed by atoms with Gasteiger partial charge in [-0.2, -0.15) is 0 Å². The number of nitrogens with one attached hydrogen (secondary N) is 1. The third kappa shape index (κ3) is 3.64. The number of carbonyl (C=O) groups is 1. The summed E-state index contributed by atoms with van der Waals surface area (Å²) in [4.78, 5) is 11.7. The third-order valence-electron chi connectivity index (χ3n) is 2.84. The van der Waals surface area contributed by atoms with Crippen molar-refractivity contribution in [2.75, 3.05) is 5.32 Å². The minimum absolute atomic E-state index is 0.115. The second-order valence-electron chi connectivity index (χ2n) is 4.54. The molecule has 3 N–H and O–H groups in total. The molecule has 0 spiro atoms. The van der Waals surface area contributed by atoms with Crippen molar-refractivity contribution >= 4 is 11.7 Å². The Morgan fingerprint density at radius 2 is 2.40 bits per heavy atom. The van der Waals surface area contributed by atoms with Gasteiger partial charge < -0.3 is 15.6 Å². The molecule has 2 heterocycles. The number of amides is 1. The highest BCUT2D eigenvalue weighted by molar-refractivity contribution is 5.89. The Balaban J connectivity index is 1.82. The van der Waals surface area contributed by atoms with Gasteiger partial charge >= 0.3 is 0 Å². The van der Waals surface area contributed by atoms with E-state index in [1.54, 1.807) is 23.9 Å². The molecule has 2 aromatic rings. The molecule has 8 nitrogen and oxygen atoms in total. The lowest BCUT2D eigenvalue weighted by Crippen LogP contribution is -2.15. The third-order valence-corrected chi connectivity index (χ3v) is 2.84. The SMILES string of the molecule is CCC(N)c1cn(CCC(=O)Nc2cc(C)on2)nn1. The van der Waals surface area contributed by atoms with Gasteiger partial charge in [-0.15, -0.1) is 5.10 Å². The summed E-state index contributed by atoms with van der Waals surface area (Å²) < 4.78 is 6.47. The first-order valence-corrected chi connectivity index (χ1v) is 6.47. The molecule has 0 saturated heterocycles. The summed E-state index contributed by atoms with van der Waals surface area (Å²) in [5.41, 5.74) is 6.59. The number of aromatic nitrogens is 4. The van der Waals surface area contributed by atoms with Crippen molar-refractivity contribution in [2.45, 2.75) is 39.3 Å². The normalized spacial score (nSPS) is 12.3. The minimum Gasteiger partial charge on any atom is -0.360 e. The van der Waals surface area contributed by atoms with E-state index in [0.717, 1.165) is 12.1 Å². The summed E-state index contributed by atoms with van der Waals surface area (Å²) in [5, 5.41) is 14.3. The summed E-state index contributed by atoms with van der Waals surface area (Å²) in [7, 11) is 0. The molecule has 0 bridgehead atoms. The molecule has 0 aliphatic rings. The van der Waals surface area contributed by atoms with Gasteiger partial charge in [0.1, 0.15) is 5.76 Å². The maximum absolute atomic E-state index is 11.7. The van der Waals surface area contributed by atoms with Crippen molar-refractivity contribution in [1.82, 2.24) is 20.2 Å². The molecule has 1 atom stereocenters. The monoisotopic (exact) mass is 278 g/mol. The molecule has 0 aromatic carbocycles. The van der Waals surface area contributed by atoms with Crippen LogP contribution in [-0.2, 0) is 11.3 Å². The number of rotatable bonds is 6. The van der Waals surface area contributed by atoms with E-state index in [9.17, 15) is 4.79 Å². The summed E-state index contributed by atoms with van der Waals surface area (Å²) in [6.07, 6.45) is 2.84. The van der Waals surface area contributed by atoms with Gasteiger partial charge in [-0.1, -0.05) is 17.3 Å². The number of nitrogens with two attached hydrogens (primary N) is 1. The average molecular weight is 278 g/mol. The van der Waals surface area contributed by atoms with Crippen molar-refractivity contribution in [1.29, 1.82) is 0 Å². The Morgan fingerprint density at radius 1 is 1.60 bits per heavy atom. The highest BCUT2D eigenvalue weighted by Crippen LogP contribution is 2.10. The van der Waals surface area contributed by atoms with Crippen LogP contribution in [0.25, 0.3) is 0 Å². The Labute approximate surface area is 116 Å². The first kappa shape index (κ1) is 14.2. The van der Waals surface area contributed by atoms with E-state index in [1.165, 1.54) is 0 Å². The molecular weight excluding hydrogens is 260 g/mol. The molecule has 0 radical (unpaired) electrons. The van der Waals surface area contributed by atoms with Crippen molar-refractivity contribution in [3.63, 3.8) is 0 Å². The lowest BCUT2D eigenvalue weighted by Gasteiger charge is -2.02. The summed E-state index contributed by atoms with van der Waals surface area (Å²) in [6.45, 7) is 4.18. The van der Waals surface area contributed by atoms with Crippen LogP contribution in [-0.4, -0.2) is 26.1 Å². The van der Waals surface area contributed by atoms with Crippen LogP contribution < -0.4 is 11.1 Å². The van der Waals surface area contributed by atoms with E-state index in [1.807, 2.05) is 6.92 Å². The molecular formula is C12H18N6O2. The zero-order valence-corrected chi connectivity index (χ0v) is 11.5. The van der Waals surface area contributed by atoms with Crippen LogP contribution in [0.2, 0.25) is 0 Å². The molecule has 1 amide bonds. The number of hydrogen-bond acceptors (Lipinski definition) is 6. The van der Waals surface area contributed by atoms with Crippen LogP contribution in [0.1, 0.15) is 37.3 Å². The van der Waals surface area contributed by atoms with E-state index in [4.69, 9.17) is 10.3 Å². The number of anilines is 1. The smallest absolute Gasteiger partial charge is 0.227 e. The van der Waals surface area contributed by atoms with Gasteiger partial charge in [0.05, 0.1) is 24.5 Å². The second-order valence-corrected chi connectivity index (χ2v) is 4.54. The largest absolute Gasteiger partial charge is 0.360 e. The van der Waals surface area contributed by atoms with Gasteiger partial charge in [0, 0.05) is 12.5 Å². The van der Waals surface area contributed by atoms with Crippen molar-refractivity contribution in [3.8, 4) is 0 Å². The van der Waals surface area contributed by atoms with Crippen LogP contribution in [0, 0.1) is 6.92 Å². The maximum Gasteiger partial charge on any atom is 0.227 e. The predicted octanol–water partition coefficient (Wildman–Crippen LogP) is 1.01. The fourth-order valence-electron chi connectivity index (χ4n) is 1.65. The first-order chi connectivity index (χ1) is 9.58. The van der Waals surface area contributed by atoms with E-state index < -0.39 is 0 Å². The molecule has 2 rings (SSSR count). The zero-order valence-electron chi connectivity index (χ0n) is 11.5. The van der Waals surface area contributed by atoms with Gasteiger partial charge in [0.15, 0.2) is 5.82 Å².